The van der Waals surface area contributed by atoms with E-state index in [0.29, 0.717) is 22.0 Å². The number of hydrogen-bond donors (Lipinski definition) is 1. The monoisotopic (exact) mass is 375 g/mol. The number of ether oxygens (including phenoxy) is 2. The number of carbonyl (C=O) groups excluding carboxylic acids is 2. The first-order valence-electron chi connectivity index (χ1n) is 8.43. The van der Waals surface area contributed by atoms with Crippen LogP contribution in [0.3, 0.4) is 0 Å². The molecule has 0 fully saturated rings. The van der Waals surface area contributed by atoms with Crippen LogP contribution >= 0.6 is 11.6 Å². The van der Waals surface area contributed by atoms with Crippen LogP contribution in [0.4, 0.5) is 5.69 Å². The van der Waals surface area contributed by atoms with Gasteiger partial charge in [0.15, 0.2) is 6.10 Å². The van der Waals surface area contributed by atoms with E-state index in [1.165, 1.54) is 0 Å². The van der Waals surface area contributed by atoms with Gasteiger partial charge in [-0.05, 0) is 56.7 Å². The van der Waals surface area contributed by atoms with Crippen molar-refractivity contribution in [3.05, 3.63) is 59.1 Å². The highest BCUT2D eigenvalue weighted by molar-refractivity contribution is 6.33. The van der Waals surface area contributed by atoms with Gasteiger partial charge in [0.2, 0.25) is 0 Å². The molecule has 0 heterocycles. The van der Waals surface area contributed by atoms with Gasteiger partial charge in [-0.15, -0.1) is 0 Å². The van der Waals surface area contributed by atoms with Crippen LogP contribution in [0.1, 0.15) is 37.6 Å². The van der Waals surface area contributed by atoms with Crippen LogP contribution in [0.2, 0.25) is 5.02 Å². The number of amides is 1. The van der Waals surface area contributed by atoms with Crippen molar-refractivity contribution < 1.29 is 19.1 Å². The molecule has 0 aromatic heterocycles. The van der Waals surface area contributed by atoms with Crippen molar-refractivity contribution in [2.45, 2.75) is 39.4 Å². The minimum absolute atomic E-state index is 0.149. The van der Waals surface area contributed by atoms with Gasteiger partial charge in [0, 0.05) is 5.56 Å². The van der Waals surface area contributed by atoms with Crippen molar-refractivity contribution in [3.63, 3.8) is 0 Å². The maximum Gasteiger partial charge on any atom is 0.347 e. The Hall–Kier alpha value is -2.53. The molecule has 5 nitrogen and oxygen atoms in total. The number of rotatable bonds is 7. The summed E-state index contributed by atoms with van der Waals surface area (Å²) in [6.07, 6.45) is -0.135. The van der Waals surface area contributed by atoms with Crippen molar-refractivity contribution in [1.29, 1.82) is 0 Å². The lowest BCUT2D eigenvalue weighted by atomic mass is 10.2. The maximum atomic E-state index is 12.3. The number of anilines is 1. The van der Waals surface area contributed by atoms with Gasteiger partial charge in [0.05, 0.1) is 16.8 Å². The topological polar surface area (TPSA) is 64.6 Å². The van der Waals surface area contributed by atoms with Crippen LogP contribution < -0.4 is 10.1 Å². The molecule has 138 valence electrons. The second-order valence-corrected chi connectivity index (χ2v) is 6.28. The highest BCUT2D eigenvalue weighted by atomic mass is 35.5. The third-order valence-electron chi connectivity index (χ3n) is 3.78. The standard InChI is InChI=1S/C20H22ClNO4/c1-4-13(2)25-20(24)14(3)26-16-11-9-15(10-12-16)19(23)22-18-8-6-5-7-17(18)21/h5-14H,4H2,1-3H3,(H,22,23)/t13-,14+/m1/s1. The molecule has 0 saturated heterocycles. The van der Waals surface area contributed by atoms with Gasteiger partial charge in [-0.3, -0.25) is 4.79 Å². The molecule has 0 saturated carbocycles. The van der Waals surface area contributed by atoms with E-state index in [9.17, 15) is 9.59 Å². The first kappa shape index (κ1) is 19.8. The van der Waals surface area contributed by atoms with Crippen LogP contribution in [-0.2, 0) is 9.53 Å². The van der Waals surface area contributed by atoms with Crippen molar-refractivity contribution >= 4 is 29.2 Å². The zero-order valence-electron chi connectivity index (χ0n) is 15.0. The van der Waals surface area contributed by atoms with Gasteiger partial charge >= 0.3 is 5.97 Å². The second kappa shape index (κ2) is 9.25. The van der Waals surface area contributed by atoms with Gasteiger partial charge in [-0.25, -0.2) is 4.79 Å². The summed E-state index contributed by atoms with van der Waals surface area (Å²) in [5, 5.41) is 3.21. The number of hydrogen-bond acceptors (Lipinski definition) is 4. The summed E-state index contributed by atoms with van der Waals surface area (Å²) < 4.78 is 10.8. The minimum atomic E-state index is -0.730. The molecule has 26 heavy (non-hydrogen) atoms. The Morgan fingerprint density at radius 2 is 1.73 bits per heavy atom. The Morgan fingerprint density at radius 3 is 2.35 bits per heavy atom. The fourth-order valence-corrected chi connectivity index (χ4v) is 2.25. The zero-order chi connectivity index (χ0) is 19.1. The van der Waals surface area contributed by atoms with Gasteiger partial charge in [-0.2, -0.15) is 0 Å². The lowest BCUT2D eigenvalue weighted by Gasteiger charge is -2.17. The molecular formula is C20H22ClNO4. The van der Waals surface area contributed by atoms with Gasteiger partial charge < -0.3 is 14.8 Å². The third-order valence-corrected chi connectivity index (χ3v) is 4.11. The van der Waals surface area contributed by atoms with E-state index in [0.717, 1.165) is 6.42 Å². The van der Waals surface area contributed by atoms with Crippen LogP contribution in [0, 0.1) is 0 Å². The van der Waals surface area contributed by atoms with Gasteiger partial charge in [0.1, 0.15) is 5.75 Å². The van der Waals surface area contributed by atoms with E-state index in [2.05, 4.69) is 5.32 Å². The highest BCUT2D eigenvalue weighted by Crippen LogP contribution is 2.22. The fourth-order valence-electron chi connectivity index (χ4n) is 2.07. The van der Waals surface area contributed by atoms with Crippen molar-refractivity contribution in [3.8, 4) is 5.75 Å². The third kappa shape index (κ3) is 5.49. The van der Waals surface area contributed by atoms with Crippen LogP contribution in [-0.4, -0.2) is 24.1 Å². The van der Waals surface area contributed by atoms with Gasteiger partial charge in [-0.1, -0.05) is 30.7 Å². The smallest absolute Gasteiger partial charge is 0.347 e. The number of benzene rings is 2. The molecule has 2 atom stereocenters. The quantitative estimate of drug-likeness (QED) is 0.712. The predicted molar refractivity (Wildman–Crippen MR) is 102 cm³/mol. The first-order valence-corrected chi connectivity index (χ1v) is 8.81. The van der Waals surface area contributed by atoms with Crippen molar-refractivity contribution in [1.82, 2.24) is 0 Å². The Balaban J connectivity index is 1.96. The number of para-hydroxylation sites is 1. The first-order chi connectivity index (χ1) is 12.4. The molecule has 0 aliphatic rings. The summed E-state index contributed by atoms with van der Waals surface area (Å²) in [6, 6.07) is 13.5. The van der Waals surface area contributed by atoms with E-state index in [1.54, 1.807) is 55.5 Å². The number of halogens is 1. The Morgan fingerprint density at radius 1 is 1.08 bits per heavy atom. The molecule has 2 aromatic carbocycles. The van der Waals surface area contributed by atoms with Crippen molar-refractivity contribution in [2.75, 3.05) is 5.32 Å². The van der Waals surface area contributed by atoms with E-state index < -0.39 is 12.1 Å². The second-order valence-electron chi connectivity index (χ2n) is 5.87. The van der Waals surface area contributed by atoms with Crippen molar-refractivity contribution in [2.24, 2.45) is 0 Å². The van der Waals surface area contributed by atoms with Crippen LogP contribution in [0.15, 0.2) is 48.5 Å². The summed E-state index contributed by atoms with van der Waals surface area (Å²) >= 11 is 6.04. The van der Waals surface area contributed by atoms with E-state index in [-0.39, 0.29) is 12.0 Å². The summed E-state index contributed by atoms with van der Waals surface area (Å²) in [4.78, 5) is 24.2. The fraction of sp³-hybridized carbons (Fsp3) is 0.300. The molecule has 2 aromatic rings. The van der Waals surface area contributed by atoms with E-state index in [1.807, 2.05) is 13.8 Å². The largest absolute Gasteiger partial charge is 0.479 e. The molecule has 0 bridgehead atoms. The van der Waals surface area contributed by atoms with Gasteiger partial charge in [0.25, 0.3) is 5.91 Å². The normalized spacial score (nSPS) is 12.8. The van der Waals surface area contributed by atoms with Crippen LogP contribution in [0.25, 0.3) is 0 Å². The molecule has 0 unspecified atom stereocenters. The Bertz CT molecular complexity index is 761. The summed E-state index contributed by atoms with van der Waals surface area (Å²) in [7, 11) is 0. The minimum Gasteiger partial charge on any atom is -0.479 e. The molecule has 0 aliphatic heterocycles. The average molecular weight is 376 g/mol. The highest BCUT2D eigenvalue weighted by Gasteiger charge is 2.18. The maximum absolute atomic E-state index is 12.3. The van der Waals surface area contributed by atoms with Crippen LogP contribution in [0.5, 0.6) is 5.75 Å². The molecule has 0 spiro atoms. The lowest BCUT2D eigenvalue weighted by Crippen LogP contribution is -2.29. The predicted octanol–water partition coefficient (Wildman–Crippen LogP) is 4.70. The molecule has 0 aliphatic carbocycles. The van der Waals surface area contributed by atoms with E-state index >= 15 is 0 Å². The SMILES string of the molecule is CC[C@@H](C)OC(=O)[C@H](C)Oc1ccc(C(=O)Nc2ccccc2Cl)cc1. The van der Waals surface area contributed by atoms with E-state index in [4.69, 9.17) is 21.1 Å². The summed E-state index contributed by atoms with van der Waals surface area (Å²) in [6.45, 7) is 5.40. The Labute approximate surface area is 158 Å². The zero-order valence-corrected chi connectivity index (χ0v) is 15.7. The number of esters is 1. The average Bonchev–Trinajstić information content (AvgIpc) is 2.63. The molecule has 6 heteroatoms. The molecule has 1 amide bonds. The molecule has 2 rings (SSSR count). The molecule has 0 radical (unpaired) electrons. The lowest BCUT2D eigenvalue weighted by molar-refractivity contribution is -0.155. The number of carbonyl (C=O) groups is 2. The summed E-state index contributed by atoms with van der Waals surface area (Å²) in [5.74, 6) is -0.221. The molecular weight excluding hydrogens is 354 g/mol. The summed E-state index contributed by atoms with van der Waals surface area (Å²) in [5.41, 5.74) is 0.994. The molecule has 1 N–H and O–H groups in total. The Kier molecular flexibility index (Phi) is 7.04. The number of nitrogens with one attached hydrogen (secondary N) is 1.